The van der Waals surface area contributed by atoms with Crippen LogP contribution in [0.4, 0.5) is 0 Å². The molecule has 0 saturated carbocycles. The minimum Gasteiger partial charge on any atom is -0.479 e. The summed E-state index contributed by atoms with van der Waals surface area (Å²) >= 11 is 0. The van der Waals surface area contributed by atoms with Crippen molar-refractivity contribution in [3.63, 3.8) is 0 Å². The van der Waals surface area contributed by atoms with Crippen LogP contribution in [0.3, 0.4) is 0 Å². The Morgan fingerprint density at radius 2 is 0.870 bits per heavy atom. The van der Waals surface area contributed by atoms with Gasteiger partial charge < -0.3 is 114 Å². The number of aliphatic hydroxyl groups excluding tert-OH is 13. The summed E-state index contributed by atoms with van der Waals surface area (Å²) in [4.78, 5) is 12.7. The lowest BCUT2D eigenvalue weighted by atomic mass is 9.95. The van der Waals surface area contributed by atoms with E-state index in [4.69, 9.17) is 42.6 Å². The number of carbonyl (C=O) groups is 1. The van der Waals surface area contributed by atoms with Gasteiger partial charge in [-0.05, 0) is 20.8 Å². The highest BCUT2D eigenvalue weighted by Crippen LogP contribution is 2.37. The van der Waals surface area contributed by atoms with Gasteiger partial charge in [-0.25, -0.2) is 4.79 Å². The Bertz CT molecular complexity index is 1230. The summed E-state index contributed by atoms with van der Waals surface area (Å²) in [5.74, 6) is -1.85. The predicted molar refractivity (Wildman–Crippen MR) is 163 cm³/mol. The number of aliphatic carboxylic acids is 1. The summed E-state index contributed by atoms with van der Waals surface area (Å²) in [7, 11) is 0. The maximum Gasteiger partial charge on any atom is 0.335 e. The molecule has 24 heteroatoms. The highest BCUT2D eigenvalue weighted by Gasteiger charge is 2.58. The Labute approximate surface area is 306 Å². The molecule has 25 unspecified atom stereocenters. The van der Waals surface area contributed by atoms with Crippen molar-refractivity contribution in [3.05, 3.63) is 0 Å². The normalized spacial score (nSPS) is 54.6. The molecule has 0 aromatic carbocycles. The quantitative estimate of drug-likeness (QED) is 0.0976. The van der Waals surface area contributed by atoms with E-state index in [0.29, 0.717) is 0 Å². The largest absolute Gasteiger partial charge is 0.479 e. The minimum atomic E-state index is -2.31. The molecule has 0 amide bonds. The molecule has 24 nitrogen and oxygen atoms in total. The van der Waals surface area contributed by atoms with Crippen LogP contribution >= 0.6 is 0 Å². The molecular formula is C30H50O24. The van der Waals surface area contributed by atoms with Crippen LogP contribution in [0.25, 0.3) is 0 Å². The number of hydrogen-bond acceptors (Lipinski definition) is 23. The Kier molecular flexibility index (Phi) is 14.3. The fourth-order valence-corrected chi connectivity index (χ4v) is 6.79. The molecule has 5 rings (SSSR count). The van der Waals surface area contributed by atoms with Crippen LogP contribution in [0.1, 0.15) is 20.8 Å². The van der Waals surface area contributed by atoms with Crippen molar-refractivity contribution in [3.8, 4) is 0 Å². The van der Waals surface area contributed by atoms with Gasteiger partial charge in [-0.15, -0.1) is 0 Å². The van der Waals surface area contributed by atoms with E-state index in [2.05, 4.69) is 0 Å². The second kappa shape index (κ2) is 17.6. The van der Waals surface area contributed by atoms with Crippen LogP contribution in [0.2, 0.25) is 0 Å². The highest BCUT2D eigenvalue weighted by atomic mass is 16.8. The number of hydrogen-bond donors (Lipinski definition) is 14. The summed E-state index contributed by atoms with van der Waals surface area (Å²) in [5.41, 5.74) is 0. The van der Waals surface area contributed by atoms with Crippen LogP contribution in [0.15, 0.2) is 0 Å². The Morgan fingerprint density at radius 3 is 1.44 bits per heavy atom. The zero-order chi connectivity index (χ0) is 40.1. The third-order valence-corrected chi connectivity index (χ3v) is 10.2. The van der Waals surface area contributed by atoms with Crippen molar-refractivity contribution in [1.29, 1.82) is 0 Å². The van der Waals surface area contributed by atoms with E-state index in [1.54, 1.807) is 0 Å². The lowest BCUT2D eigenvalue weighted by molar-refractivity contribution is -0.404. The van der Waals surface area contributed by atoms with Crippen LogP contribution in [-0.4, -0.2) is 238 Å². The molecule has 14 N–H and O–H groups in total. The van der Waals surface area contributed by atoms with Gasteiger partial charge in [0.05, 0.1) is 24.9 Å². The first kappa shape index (κ1) is 43.7. The first-order valence-electron chi connectivity index (χ1n) is 17.2. The van der Waals surface area contributed by atoms with E-state index in [9.17, 15) is 76.3 Å². The SMILES string of the molecule is CC1OC(OC2C(C(=O)O)OC(OC3C(OC4C(O)OC(C)C(O)C4O)OC(C)C(O)C3O)C(O)C2OC2OC(CO)C(O)C(O)C2O)C(O)C(O)C1O. The Balaban J connectivity index is 1.47. The van der Waals surface area contributed by atoms with Crippen LogP contribution in [0, 0.1) is 0 Å². The first-order chi connectivity index (χ1) is 25.3. The van der Waals surface area contributed by atoms with Gasteiger partial charge in [0.15, 0.2) is 37.6 Å². The average molecular weight is 795 g/mol. The number of carboxylic acid groups (broad SMARTS) is 1. The van der Waals surface area contributed by atoms with Crippen molar-refractivity contribution < 1.29 is 119 Å². The standard InChI is InChI=1S/C30H50O24/c1-5-10(33)15(38)21(26(45)46-5)51-30-22(16(39)11(34)7(3)48-30)52-29-19(42)20(50-28-18(41)14(37)12(35)8(4-31)49-28)23(24(54-29)25(43)44)53-27-17(40)13(36)9(32)6(2)47-27/h5-24,26-42,45H,4H2,1-3H3,(H,43,44). The number of ether oxygens (including phenoxy) is 9. The molecule has 5 saturated heterocycles. The van der Waals surface area contributed by atoms with Crippen molar-refractivity contribution in [2.24, 2.45) is 0 Å². The fourth-order valence-electron chi connectivity index (χ4n) is 6.79. The molecule has 54 heavy (non-hydrogen) atoms. The Hall–Kier alpha value is -1.41. The molecule has 5 aliphatic heterocycles. The van der Waals surface area contributed by atoms with Crippen LogP contribution in [0.5, 0.6) is 0 Å². The average Bonchev–Trinajstić information content (AvgIpc) is 3.12. The molecule has 5 heterocycles. The van der Waals surface area contributed by atoms with Gasteiger partial charge in [0.2, 0.25) is 0 Å². The molecule has 0 aliphatic carbocycles. The van der Waals surface area contributed by atoms with E-state index in [0.717, 1.165) is 0 Å². The smallest absolute Gasteiger partial charge is 0.335 e. The maximum absolute atomic E-state index is 12.7. The predicted octanol–water partition coefficient (Wildman–Crippen LogP) is -8.75. The highest BCUT2D eigenvalue weighted by molar-refractivity contribution is 5.73. The number of rotatable bonds is 10. The van der Waals surface area contributed by atoms with Gasteiger partial charge in [-0.2, -0.15) is 0 Å². The lowest BCUT2D eigenvalue weighted by Gasteiger charge is -2.50. The monoisotopic (exact) mass is 794 g/mol. The maximum atomic E-state index is 12.7. The van der Waals surface area contributed by atoms with Gasteiger partial charge in [0, 0.05) is 0 Å². The fraction of sp³-hybridized carbons (Fsp3) is 0.967. The third kappa shape index (κ3) is 8.56. The summed E-state index contributed by atoms with van der Waals surface area (Å²) in [6.07, 6.45) is -46.2. The number of aliphatic hydroxyl groups is 13. The summed E-state index contributed by atoms with van der Waals surface area (Å²) in [6, 6.07) is 0. The summed E-state index contributed by atoms with van der Waals surface area (Å²) in [5, 5.41) is 147. The molecular weight excluding hydrogens is 744 g/mol. The van der Waals surface area contributed by atoms with Crippen molar-refractivity contribution in [2.75, 3.05) is 6.61 Å². The van der Waals surface area contributed by atoms with E-state index in [1.807, 2.05) is 0 Å². The topological polar surface area (TPSA) is 383 Å². The second-order valence-corrected chi connectivity index (χ2v) is 13.9. The second-order valence-electron chi connectivity index (χ2n) is 13.9. The van der Waals surface area contributed by atoms with E-state index in [1.165, 1.54) is 20.8 Å². The zero-order valence-corrected chi connectivity index (χ0v) is 29.0. The molecule has 0 aromatic rings. The first-order valence-corrected chi connectivity index (χ1v) is 17.2. The van der Waals surface area contributed by atoms with Crippen molar-refractivity contribution in [2.45, 2.75) is 174 Å². The number of carboxylic acids is 1. The van der Waals surface area contributed by atoms with E-state index >= 15 is 0 Å². The molecule has 0 radical (unpaired) electrons. The molecule has 0 spiro atoms. The third-order valence-electron chi connectivity index (χ3n) is 10.2. The minimum absolute atomic E-state index is 0.919. The van der Waals surface area contributed by atoms with Gasteiger partial charge in [0.25, 0.3) is 0 Å². The molecule has 0 bridgehead atoms. The lowest BCUT2D eigenvalue weighted by Crippen LogP contribution is -2.69. The molecule has 5 fully saturated rings. The van der Waals surface area contributed by atoms with E-state index in [-0.39, 0.29) is 0 Å². The Morgan fingerprint density at radius 1 is 0.444 bits per heavy atom. The molecule has 314 valence electrons. The zero-order valence-electron chi connectivity index (χ0n) is 29.0. The van der Waals surface area contributed by atoms with Crippen LogP contribution < -0.4 is 0 Å². The molecule has 25 atom stereocenters. The van der Waals surface area contributed by atoms with Gasteiger partial charge in [-0.1, -0.05) is 0 Å². The summed E-state index contributed by atoms with van der Waals surface area (Å²) < 4.78 is 50.1. The van der Waals surface area contributed by atoms with Crippen molar-refractivity contribution >= 4 is 5.97 Å². The van der Waals surface area contributed by atoms with Crippen LogP contribution in [-0.2, 0) is 47.4 Å². The summed E-state index contributed by atoms with van der Waals surface area (Å²) in [6.45, 7) is 3.02. The van der Waals surface area contributed by atoms with E-state index < -0.39 is 166 Å². The van der Waals surface area contributed by atoms with Gasteiger partial charge in [0.1, 0.15) is 97.7 Å². The van der Waals surface area contributed by atoms with Gasteiger partial charge >= 0.3 is 5.97 Å². The van der Waals surface area contributed by atoms with Gasteiger partial charge in [-0.3, -0.25) is 0 Å². The molecule has 0 aromatic heterocycles. The molecule has 5 aliphatic rings. The van der Waals surface area contributed by atoms with Crippen molar-refractivity contribution in [1.82, 2.24) is 0 Å².